The van der Waals surface area contributed by atoms with Crippen LogP contribution in [0.15, 0.2) is 78.9 Å². The number of aromatic hydroxyl groups is 1. The van der Waals surface area contributed by atoms with Crippen molar-refractivity contribution in [1.82, 2.24) is 0 Å². The molecule has 1 N–H and O–H groups in total. The highest BCUT2D eigenvalue weighted by Gasteiger charge is 2.54. The number of fused-ring (bicyclic) bond motifs is 7. The minimum absolute atomic E-state index is 0.161. The van der Waals surface area contributed by atoms with Gasteiger partial charge in [0.1, 0.15) is 17.2 Å². The molecule has 8 heteroatoms. The molecule has 3 aliphatic heterocycles. The number of esters is 2. The third-order valence-corrected chi connectivity index (χ3v) is 9.90. The van der Waals surface area contributed by atoms with E-state index in [1.54, 1.807) is 12.1 Å². The maximum Gasteiger partial charge on any atom is 0.340 e. The lowest BCUT2D eigenvalue weighted by atomic mass is 9.74. The molecule has 8 nitrogen and oxygen atoms in total. The Hall–Kier alpha value is -4.98. The fourth-order valence-electron chi connectivity index (χ4n) is 7.71. The number of phenolic OH excluding ortho intramolecular Hbond substituents is 1. The van der Waals surface area contributed by atoms with E-state index < -0.39 is 5.60 Å². The van der Waals surface area contributed by atoms with Gasteiger partial charge < -0.3 is 29.1 Å². The molecule has 0 aliphatic carbocycles. The second kappa shape index (κ2) is 11.4. The number of rotatable bonds is 7. The zero-order chi connectivity index (χ0) is 33.1. The Labute approximate surface area is 275 Å². The molecule has 3 heterocycles. The summed E-state index contributed by atoms with van der Waals surface area (Å²) in [6.07, 6.45) is 1.94. The van der Waals surface area contributed by atoms with Crippen molar-refractivity contribution in [3.05, 3.63) is 107 Å². The Balaban J connectivity index is 1.37. The molecule has 2 atom stereocenters. The van der Waals surface area contributed by atoms with Crippen molar-refractivity contribution in [3.8, 4) is 17.2 Å². The standard InChI is InChI=1S/C39H40N2O6/c1-6-45-36(43)12-9-19-41-33-22-35-32(21-29(33)24(2)23-38(41,3)4)39(30-11-8-7-10-28(30)37(44)47-39)31-18-15-26(20-34(31)46-35)40(5)25-13-16-27(42)17-14-25/h7-8,10-11,13-18,20-22,24,42H,6,9,12,19,23H2,1-5H3. The summed E-state index contributed by atoms with van der Waals surface area (Å²) in [6.45, 7) is 9.62. The molecule has 0 aromatic heterocycles. The van der Waals surface area contributed by atoms with E-state index >= 15 is 0 Å². The van der Waals surface area contributed by atoms with Crippen molar-refractivity contribution in [3.63, 3.8) is 0 Å². The van der Waals surface area contributed by atoms with Crippen LogP contribution < -0.4 is 14.5 Å². The van der Waals surface area contributed by atoms with Gasteiger partial charge >= 0.3 is 11.9 Å². The van der Waals surface area contributed by atoms with Crippen molar-refractivity contribution < 1.29 is 28.9 Å². The van der Waals surface area contributed by atoms with Gasteiger partial charge in [-0.15, -0.1) is 0 Å². The van der Waals surface area contributed by atoms with Crippen LogP contribution in [0.5, 0.6) is 17.2 Å². The van der Waals surface area contributed by atoms with E-state index in [9.17, 15) is 14.7 Å². The van der Waals surface area contributed by atoms with Crippen LogP contribution in [0.4, 0.5) is 17.1 Å². The molecule has 7 rings (SSSR count). The first kappa shape index (κ1) is 30.7. The molecule has 47 heavy (non-hydrogen) atoms. The topological polar surface area (TPSA) is 88.5 Å². The summed E-state index contributed by atoms with van der Waals surface area (Å²) in [6, 6.07) is 24.9. The fourth-order valence-corrected chi connectivity index (χ4v) is 7.71. The smallest absolute Gasteiger partial charge is 0.340 e. The predicted octanol–water partition coefficient (Wildman–Crippen LogP) is 8.16. The molecule has 0 bridgehead atoms. The summed E-state index contributed by atoms with van der Waals surface area (Å²) in [4.78, 5) is 30.1. The highest BCUT2D eigenvalue weighted by molar-refractivity contribution is 5.97. The van der Waals surface area contributed by atoms with Gasteiger partial charge in [-0.3, -0.25) is 4.79 Å². The molecular formula is C39H40N2O6. The number of ether oxygens (including phenoxy) is 3. The Bertz CT molecular complexity index is 1880. The number of phenols is 1. The zero-order valence-electron chi connectivity index (χ0n) is 27.5. The molecular weight excluding hydrogens is 592 g/mol. The van der Waals surface area contributed by atoms with Gasteiger partial charge in [-0.05, 0) is 93.6 Å². The largest absolute Gasteiger partial charge is 0.508 e. The minimum atomic E-state index is -1.18. The molecule has 4 aromatic rings. The molecule has 0 amide bonds. The number of carbonyl (C=O) groups excluding carboxylic acids is 2. The van der Waals surface area contributed by atoms with Gasteiger partial charge in [0.2, 0.25) is 0 Å². The van der Waals surface area contributed by atoms with E-state index in [0.29, 0.717) is 43.1 Å². The Morgan fingerprint density at radius 2 is 1.70 bits per heavy atom. The Morgan fingerprint density at radius 3 is 2.47 bits per heavy atom. The summed E-state index contributed by atoms with van der Waals surface area (Å²) >= 11 is 0. The first-order valence-electron chi connectivity index (χ1n) is 16.3. The van der Waals surface area contributed by atoms with Crippen LogP contribution >= 0.6 is 0 Å². The van der Waals surface area contributed by atoms with Crippen LogP contribution in [-0.4, -0.2) is 42.8 Å². The molecule has 4 aromatic carbocycles. The first-order chi connectivity index (χ1) is 22.5. The average molecular weight is 633 g/mol. The van der Waals surface area contributed by atoms with Crippen LogP contribution in [-0.2, 0) is 19.9 Å². The van der Waals surface area contributed by atoms with E-state index in [1.165, 1.54) is 0 Å². The number of hydrogen-bond donors (Lipinski definition) is 1. The Morgan fingerprint density at radius 1 is 0.979 bits per heavy atom. The van der Waals surface area contributed by atoms with Crippen LogP contribution in [0.3, 0.4) is 0 Å². The van der Waals surface area contributed by atoms with Crippen molar-refractivity contribution in [2.75, 3.05) is 30.0 Å². The van der Waals surface area contributed by atoms with Gasteiger partial charge in [-0.2, -0.15) is 0 Å². The normalized spacial score (nSPS) is 20.0. The quantitative estimate of drug-likeness (QED) is 0.204. The molecule has 242 valence electrons. The second-order valence-corrected chi connectivity index (χ2v) is 13.4. The second-order valence-electron chi connectivity index (χ2n) is 13.4. The first-order valence-corrected chi connectivity index (χ1v) is 16.3. The van der Waals surface area contributed by atoms with Crippen molar-refractivity contribution in [2.45, 2.75) is 64.0 Å². The van der Waals surface area contributed by atoms with E-state index in [-0.39, 0.29) is 29.1 Å². The predicted molar refractivity (Wildman–Crippen MR) is 181 cm³/mol. The van der Waals surface area contributed by atoms with Crippen molar-refractivity contribution >= 4 is 29.0 Å². The molecule has 0 radical (unpaired) electrons. The fraction of sp³-hybridized carbons (Fsp3) is 0.333. The number of anilines is 3. The van der Waals surface area contributed by atoms with E-state index in [0.717, 1.165) is 45.7 Å². The molecule has 0 fully saturated rings. The number of benzene rings is 4. The van der Waals surface area contributed by atoms with E-state index in [4.69, 9.17) is 14.2 Å². The number of nitrogens with zero attached hydrogens (tertiary/aromatic N) is 2. The lowest BCUT2D eigenvalue weighted by Gasteiger charge is -2.48. The summed E-state index contributed by atoms with van der Waals surface area (Å²) in [5.41, 5.74) is 5.57. The van der Waals surface area contributed by atoms with Crippen molar-refractivity contribution in [2.24, 2.45) is 0 Å². The molecule has 0 saturated carbocycles. The number of hydrogen-bond acceptors (Lipinski definition) is 8. The maximum atomic E-state index is 13.5. The average Bonchev–Trinajstić information content (AvgIpc) is 3.34. The summed E-state index contributed by atoms with van der Waals surface area (Å²) in [5, 5.41) is 9.82. The monoisotopic (exact) mass is 632 g/mol. The lowest BCUT2D eigenvalue weighted by molar-refractivity contribution is -0.143. The number of carbonyl (C=O) groups is 2. The van der Waals surface area contributed by atoms with Gasteiger partial charge in [0.05, 0.1) is 12.2 Å². The maximum absolute atomic E-state index is 13.5. The summed E-state index contributed by atoms with van der Waals surface area (Å²) in [7, 11) is 1.96. The zero-order valence-corrected chi connectivity index (χ0v) is 27.5. The lowest BCUT2D eigenvalue weighted by Crippen LogP contribution is -2.49. The molecule has 2 unspecified atom stereocenters. The SMILES string of the molecule is CCOC(=O)CCCN1c2cc3c(cc2C(C)CC1(C)C)C1(OC(=O)c2ccccc21)c1ccc(N(C)c2ccc(O)cc2)cc1O3. The van der Waals surface area contributed by atoms with Crippen LogP contribution in [0.2, 0.25) is 0 Å². The van der Waals surface area contributed by atoms with Crippen molar-refractivity contribution in [1.29, 1.82) is 0 Å². The summed E-state index contributed by atoms with van der Waals surface area (Å²) in [5.74, 6) is 1.12. The Kier molecular flexibility index (Phi) is 7.42. The highest BCUT2D eigenvalue weighted by atomic mass is 16.6. The van der Waals surface area contributed by atoms with Gasteiger partial charge in [-0.1, -0.05) is 25.1 Å². The third kappa shape index (κ3) is 4.98. The molecule has 3 aliphatic rings. The summed E-state index contributed by atoms with van der Waals surface area (Å²) < 4.78 is 18.5. The van der Waals surface area contributed by atoms with Crippen LogP contribution in [0, 0.1) is 0 Å². The van der Waals surface area contributed by atoms with Gasteiger partial charge in [0, 0.05) is 71.4 Å². The third-order valence-electron chi connectivity index (χ3n) is 9.90. The minimum Gasteiger partial charge on any atom is -0.508 e. The van der Waals surface area contributed by atoms with E-state index in [2.05, 4.69) is 37.8 Å². The highest BCUT2D eigenvalue weighted by Crippen LogP contribution is 2.59. The van der Waals surface area contributed by atoms with Gasteiger partial charge in [-0.25, -0.2) is 4.79 Å². The van der Waals surface area contributed by atoms with Gasteiger partial charge in [0.25, 0.3) is 0 Å². The van der Waals surface area contributed by atoms with Crippen LogP contribution in [0.1, 0.15) is 85.5 Å². The molecule has 1 spiro atoms. The van der Waals surface area contributed by atoms with Gasteiger partial charge in [0.15, 0.2) is 5.60 Å². The van der Waals surface area contributed by atoms with Crippen LogP contribution in [0.25, 0.3) is 0 Å². The van der Waals surface area contributed by atoms with E-state index in [1.807, 2.05) is 73.5 Å². The molecule has 0 saturated heterocycles.